The molecule has 0 saturated heterocycles. The molecule has 1 aromatic heterocycles. The fourth-order valence-electron chi connectivity index (χ4n) is 2.10. The van der Waals surface area contributed by atoms with E-state index in [-0.39, 0.29) is 11.5 Å². The largest absolute Gasteiger partial charge is 0.396 e. The lowest BCUT2D eigenvalue weighted by molar-refractivity contribution is 0.547. The normalized spacial score (nSPS) is 33.7. The molecule has 2 N–H and O–H groups in total. The molecule has 2 aliphatic rings. The molecule has 2 aliphatic carbocycles. The molecule has 2 atom stereocenters. The minimum Gasteiger partial charge on any atom is -0.396 e. The number of nitrogens with two attached hydrogens (primary N) is 1. The summed E-state index contributed by atoms with van der Waals surface area (Å²) in [5, 5.41) is 13.5. The first-order valence-electron chi connectivity index (χ1n) is 5.40. The molecule has 2 unspecified atom stereocenters. The van der Waals surface area contributed by atoms with E-state index in [0.717, 1.165) is 17.8 Å². The lowest BCUT2D eigenvalue weighted by Gasteiger charge is -2.00. The van der Waals surface area contributed by atoms with Crippen molar-refractivity contribution < 1.29 is 0 Å². The van der Waals surface area contributed by atoms with Crippen molar-refractivity contribution in [3.63, 3.8) is 0 Å². The van der Waals surface area contributed by atoms with Gasteiger partial charge in [0.2, 0.25) is 0 Å². The van der Waals surface area contributed by atoms with E-state index < -0.39 is 0 Å². The predicted molar refractivity (Wildman–Crippen MR) is 56.0 cm³/mol. The number of hydrogen-bond acceptors (Lipinski definition) is 3. The molecule has 0 bridgehead atoms. The number of aromatic nitrogens is 2. The van der Waals surface area contributed by atoms with Gasteiger partial charge in [-0.25, -0.2) is 0 Å². The lowest BCUT2D eigenvalue weighted by atomic mass is 10.2. The average Bonchev–Trinajstić information content (AvgIpc) is 3.10. The third-order valence-electron chi connectivity index (χ3n) is 3.52. The summed E-state index contributed by atoms with van der Waals surface area (Å²) in [5.41, 5.74) is 7.53. The molecule has 1 aromatic rings. The van der Waals surface area contributed by atoms with Crippen LogP contribution >= 0.6 is 0 Å². The van der Waals surface area contributed by atoms with Crippen LogP contribution in [0.2, 0.25) is 0 Å². The molecular formula is C11H14N4. The molecule has 0 spiro atoms. The van der Waals surface area contributed by atoms with Gasteiger partial charge in [0.1, 0.15) is 0 Å². The van der Waals surface area contributed by atoms with Crippen LogP contribution < -0.4 is 5.73 Å². The van der Waals surface area contributed by atoms with E-state index in [2.05, 4.69) is 11.2 Å². The highest BCUT2D eigenvalue weighted by atomic mass is 15.3. The summed E-state index contributed by atoms with van der Waals surface area (Å²) in [5.74, 6) is 0.582. The van der Waals surface area contributed by atoms with Gasteiger partial charge in [-0.3, -0.25) is 4.68 Å². The summed E-state index contributed by atoms with van der Waals surface area (Å²) in [7, 11) is 0. The van der Waals surface area contributed by atoms with Gasteiger partial charge in [-0.05, 0) is 26.2 Å². The van der Waals surface area contributed by atoms with Crippen molar-refractivity contribution in [1.29, 1.82) is 5.26 Å². The third-order valence-corrected chi connectivity index (χ3v) is 3.52. The third kappa shape index (κ3) is 1.23. The maximum Gasteiger partial charge on any atom is 0.0884 e. The van der Waals surface area contributed by atoms with Crippen LogP contribution in [0, 0.1) is 16.7 Å². The van der Waals surface area contributed by atoms with Crippen molar-refractivity contribution in [2.45, 2.75) is 38.1 Å². The highest BCUT2D eigenvalue weighted by Crippen LogP contribution is 2.55. The van der Waals surface area contributed by atoms with Crippen LogP contribution in [0.15, 0.2) is 6.20 Å². The van der Waals surface area contributed by atoms with E-state index >= 15 is 0 Å². The van der Waals surface area contributed by atoms with Gasteiger partial charge in [-0.1, -0.05) is 0 Å². The Balaban J connectivity index is 1.89. The van der Waals surface area contributed by atoms with E-state index in [4.69, 9.17) is 11.0 Å². The highest BCUT2D eigenvalue weighted by molar-refractivity contribution is 5.45. The van der Waals surface area contributed by atoms with Gasteiger partial charge in [0.05, 0.1) is 28.9 Å². The highest BCUT2D eigenvalue weighted by Gasteiger charge is 2.53. The Morgan fingerprint density at radius 1 is 1.67 bits per heavy atom. The number of rotatable bonds is 2. The molecule has 2 saturated carbocycles. The van der Waals surface area contributed by atoms with E-state index in [1.54, 1.807) is 0 Å². The number of hydrogen-bond donors (Lipinski definition) is 1. The summed E-state index contributed by atoms with van der Waals surface area (Å²) < 4.78 is 1.90. The molecule has 4 heteroatoms. The van der Waals surface area contributed by atoms with Crippen molar-refractivity contribution in [3.05, 3.63) is 11.9 Å². The maximum atomic E-state index is 8.97. The van der Waals surface area contributed by atoms with Crippen LogP contribution in [0.25, 0.3) is 0 Å². The topological polar surface area (TPSA) is 67.6 Å². The van der Waals surface area contributed by atoms with Gasteiger partial charge in [-0.15, -0.1) is 0 Å². The summed E-state index contributed by atoms with van der Waals surface area (Å²) in [6.07, 6.45) is 5.21. The molecule has 3 rings (SSSR count). The number of nitrogens with zero attached hydrogens (tertiary/aromatic N) is 3. The number of nitriles is 1. The van der Waals surface area contributed by atoms with Crippen molar-refractivity contribution >= 4 is 5.69 Å². The van der Waals surface area contributed by atoms with Crippen LogP contribution in [0.4, 0.5) is 5.69 Å². The van der Waals surface area contributed by atoms with E-state index in [1.807, 2.05) is 17.8 Å². The molecule has 4 nitrogen and oxygen atoms in total. The molecule has 0 amide bonds. The van der Waals surface area contributed by atoms with Crippen molar-refractivity contribution in [3.8, 4) is 6.07 Å². The van der Waals surface area contributed by atoms with E-state index in [0.29, 0.717) is 5.92 Å². The van der Waals surface area contributed by atoms with Gasteiger partial charge >= 0.3 is 0 Å². The molecule has 15 heavy (non-hydrogen) atoms. The molecule has 78 valence electrons. The second-order valence-electron chi connectivity index (χ2n) is 4.97. The predicted octanol–water partition coefficient (Wildman–Crippen LogP) is 1.82. The van der Waals surface area contributed by atoms with E-state index in [1.165, 1.54) is 12.8 Å². The second-order valence-corrected chi connectivity index (χ2v) is 4.97. The van der Waals surface area contributed by atoms with Crippen LogP contribution in [0.5, 0.6) is 0 Å². The van der Waals surface area contributed by atoms with Gasteiger partial charge in [-0.2, -0.15) is 10.4 Å². The first-order chi connectivity index (χ1) is 7.14. The Labute approximate surface area is 88.7 Å². The zero-order valence-corrected chi connectivity index (χ0v) is 8.77. The van der Waals surface area contributed by atoms with Crippen molar-refractivity contribution in [2.24, 2.45) is 5.41 Å². The van der Waals surface area contributed by atoms with Crippen molar-refractivity contribution in [1.82, 2.24) is 9.78 Å². The minimum atomic E-state index is -0.223. The molecular weight excluding hydrogens is 188 g/mol. The van der Waals surface area contributed by atoms with Crippen molar-refractivity contribution in [2.75, 3.05) is 5.73 Å². The standard InChI is InChI=1S/C11H14N4/c1-11(6-12)4-9(11)15-5-8(13)10(14-15)7-2-3-7/h5,7,9H,2-4,13H2,1H3. The summed E-state index contributed by atoms with van der Waals surface area (Å²) in [6.45, 7) is 1.98. The molecule has 0 aliphatic heterocycles. The van der Waals surface area contributed by atoms with Gasteiger partial charge in [0, 0.05) is 12.1 Å². The zero-order valence-electron chi connectivity index (χ0n) is 8.77. The Morgan fingerprint density at radius 3 is 2.93 bits per heavy atom. The van der Waals surface area contributed by atoms with Crippen LogP contribution in [-0.2, 0) is 0 Å². The maximum absolute atomic E-state index is 8.97. The quantitative estimate of drug-likeness (QED) is 0.795. The fourth-order valence-corrected chi connectivity index (χ4v) is 2.10. The summed E-state index contributed by atoms with van der Waals surface area (Å²) >= 11 is 0. The monoisotopic (exact) mass is 202 g/mol. The van der Waals surface area contributed by atoms with Crippen LogP contribution in [0.1, 0.15) is 43.8 Å². The molecule has 1 heterocycles. The summed E-state index contributed by atoms with van der Waals surface area (Å²) in [4.78, 5) is 0. The van der Waals surface area contributed by atoms with Gasteiger partial charge in [0.25, 0.3) is 0 Å². The Hall–Kier alpha value is -1.50. The smallest absolute Gasteiger partial charge is 0.0884 e. The molecule has 0 radical (unpaired) electrons. The molecule has 0 aromatic carbocycles. The SMILES string of the molecule is CC1(C#N)CC1n1cc(N)c(C2CC2)n1. The Bertz CT molecular complexity index is 452. The number of nitrogen functional groups attached to an aromatic ring is 1. The Kier molecular flexibility index (Phi) is 1.49. The number of anilines is 1. The van der Waals surface area contributed by atoms with Gasteiger partial charge < -0.3 is 5.73 Å². The minimum absolute atomic E-state index is 0.223. The Morgan fingerprint density at radius 2 is 2.40 bits per heavy atom. The molecule has 2 fully saturated rings. The lowest BCUT2D eigenvalue weighted by Crippen LogP contribution is -2.02. The first kappa shape index (κ1) is 8.78. The first-order valence-corrected chi connectivity index (χ1v) is 5.40. The average molecular weight is 202 g/mol. The fraction of sp³-hybridized carbons (Fsp3) is 0.636. The second kappa shape index (κ2) is 2.54. The van der Waals surface area contributed by atoms with Crippen LogP contribution in [0.3, 0.4) is 0 Å². The van der Waals surface area contributed by atoms with Crippen LogP contribution in [-0.4, -0.2) is 9.78 Å². The van der Waals surface area contributed by atoms with E-state index in [9.17, 15) is 0 Å². The summed E-state index contributed by atoms with van der Waals surface area (Å²) in [6, 6.07) is 2.57. The van der Waals surface area contributed by atoms with Gasteiger partial charge in [0.15, 0.2) is 0 Å². The zero-order chi connectivity index (χ0) is 10.6.